The van der Waals surface area contributed by atoms with Crippen LogP contribution in [0.2, 0.25) is 0 Å². The second-order valence-electron chi connectivity index (χ2n) is 13.7. The molecule has 41 heavy (non-hydrogen) atoms. The lowest BCUT2D eigenvalue weighted by atomic mass is 9.34. The summed E-state index contributed by atoms with van der Waals surface area (Å²) in [6, 6.07) is 14.4. The fraction of sp³-hybridized carbons (Fsp3) is 0.618. The summed E-state index contributed by atoms with van der Waals surface area (Å²) in [4.78, 5) is 15.0. The van der Waals surface area contributed by atoms with Crippen LogP contribution >= 0.6 is 0 Å². The number of likely N-dealkylation sites (tertiary alicyclic amines) is 1. The molecule has 0 amide bonds. The number of carbonyl (C=O) groups is 1. The molecule has 5 aliphatic carbocycles. The summed E-state index contributed by atoms with van der Waals surface area (Å²) in [5.74, 6) is 1.80. The van der Waals surface area contributed by atoms with Gasteiger partial charge in [-0.05, 0) is 81.5 Å². The van der Waals surface area contributed by atoms with E-state index in [0.717, 1.165) is 61.6 Å². The largest absolute Gasteiger partial charge is 0.493 e. The molecule has 0 radical (unpaired) electrons. The average molecular weight is 559 g/mol. The molecule has 4 saturated carbocycles. The third kappa shape index (κ3) is 3.29. The van der Waals surface area contributed by atoms with E-state index in [-0.39, 0.29) is 28.9 Å². The highest BCUT2D eigenvalue weighted by molar-refractivity contribution is 5.73. The molecule has 0 aromatic heterocycles. The number of benzene rings is 2. The van der Waals surface area contributed by atoms with Crippen LogP contribution in [-0.2, 0) is 21.4 Å². The molecule has 4 bridgehead atoms. The molecule has 7 heteroatoms. The highest BCUT2D eigenvalue weighted by atomic mass is 16.6. The van der Waals surface area contributed by atoms with Gasteiger partial charge in [-0.1, -0.05) is 36.4 Å². The minimum absolute atomic E-state index is 0.0293. The number of nitrogens with zero attached hydrogens (tertiary/aromatic N) is 1. The predicted octanol–water partition coefficient (Wildman–Crippen LogP) is 4.72. The number of ether oxygens (including phenoxy) is 3. The van der Waals surface area contributed by atoms with Crippen LogP contribution in [0.5, 0.6) is 11.5 Å². The SMILES string of the molecule is COc1ccc2c3c1O[C@H]1[C@@]4(OC)CC[C@@]5(C[C@@H]4[C@H](NC(C)C(=O)O)c4ccccc4)[C@@H](C2)N(CC2CC2)CC[C@]315. The molecule has 2 aromatic rings. The van der Waals surface area contributed by atoms with E-state index in [4.69, 9.17) is 14.2 Å². The van der Waals surface area contributed by atoms with E-state index in [2.05, 4.69) is 46.6 Å². The van der Waals surface area contributed by atoms with E-state index < -0.39 is 17.6 Å². The maximum atomic E-state index is 12.2. The maximum absolute atomic E-state index is 12.2. The van der Waals surface area contributed by atoms with Crippen LogP contribution < -0.4 is 14.8 Å². The van der Waals surface area contributed by atoms with Crippen LogP contribution in [0.25, 0.3) is 0 Å². The van der Waals surface area contributed by atoms with Crippen molar-refractivity contribution < 1.29 is 24.1 Å². The maximum Gasteiger partial charge on any atom is 0.320 e. The van der Waals surface area contributed by atoms with Crippen LogP contribution in [0.4, 0.5) is 0 Å². The van der Waals surface area contributed by atoms with Gasteiger partial charge in [0.25, 0.3) is 0 Å². The lowest BCUT2D eigenvalue weighted by Gasteiger charge is -2.74. The van der Waals surface area contributed by atoms with Gasteiger partial charge in [-0.15, -0.1) is 0 Å². The Balaban J connectivity index is 1.33. The smallest absolute Gasteiger partial charge is 0.320 e. The third-order valence-corrected chi connectivity index (χ3v) is 12.3. The quantitative estimate of drug-likeness (QED) is 0.461. The van der Waals surface area contributed by atoms with E-state index >= 15 is 0 Å². The summed E-state index contributed by atoms with van der Waals surface area (Å²) in [5, 5.41) is 13.5. The molecule has 9 rings (SSSR count). The number of carboxylic acids is 1. The highest BCUT2D eigenvalue weighted by Gasteiger charge is 2.81. The Hall–Kier alpha value is -2.61. The number of piperidine rings is 1. The number of fused-ring (bicyclic) bond motifs is 2. The summed E-state index contributed by atoms with van der Waals surface area (Å²) in [6.07, 6.45) is 7.68. The Kier molecular flexibility index (Phi) is 5.68. The molecule has 2 aromatic carbocycles. The standard InChI is InChI=1S/C34H42N2O5/c1-20(30(37)38)35-28(22-7-5-4-6-8-22)24-18-32-13-14-34(24,40-3)31-33(32)15-16-36(19-21-9-10-21)26(32)17-23-11-12-25(39-2)29(41-31)27(23)33/h4-8,11-12,20-21,24,26,28,31,35H,9-10,13-19H2,1-3H3,(H,37,38)/t20?,24-,26-,28-,31-,32-,33+,34-/m1/s1. The first-order valence-electron chi connectivity index (χ1n) is 15.6. The average Bonchev–Trinajstić information content (AvgIpc) is 3.74. The van der Waals surface area contributed by atoms with Crippen molar-refractivity contribution >= 4 is 5.97 Å². The van der Waals surface area contributed by atoms with Gasteiger partial charge < -0.3 is 19.3 Å². The minimum Gasteiger partial charge on any atom is -0.493 e. The summed E-state index contributed by atoms with van der Waals surface area (Å²) in [5.41, 5.74) is 3.28. The van der Waals surface area contributed by atoms with Crippen LogP contribution in [0.15, 0.2) is 42.5 Å². The number of methoxy groups -OCH3 is 2. The topological polar surface area (TPSA) is 80.3 Å². The van der Waals surface area contributed by atoms with Gasteiger partial charge in [0, 0.05) is 48.0 Å². The number of aliphatic carboxylic acids is 1. The zero-order valence-corrected chi connectivity index (χ0v) is 24.4. The van der Waals surface area contributed by atoms with Gasteiger partial charge in [0.05, 0.1) is 7.11 Å². The van der Waals surface area contributed by atoms with Crippen molar-refractivity contribution in [3.63, 3.8) is 0 Å². The lowest BCUT2D eigenvalue weighted by molar-refractivity contribution is -0.282. The van der Waals surface area contributed by atoms with Gasteiger partial charge in [0.1, 0.15) is 17.7 Å². The first-order valence-corrected chi connectivity index (χ1v) is 15.6. The van der Waals surface area contributed by atoms with E-state index in [9.17, 15) is 9.90 Å². The third-order valence-electron chi connectivity index (χ3n) is 12.3. The molecular weight excluding hydrogens is 516 g/mol. The van der Waals surface area contributed by atoms with Crippen molar-refractivity contribution in [2.75, 3.05) is 27.3 Å². The van der Waals surface area contributed by atoms with Gasteiger partial charge in [0.15, 0.2) is 11.5 Å². The summed E-state index contributed by atoms with van der Waals surface area (Å²) >= 11 is 0. The first kappa shape index (κ1) is 26.1. The van der Waals surface area contributed by atoms with E-state index in [1.807, 2.05) is 13.2 Å². The molecule has 2 aliphatic heterocycles. The van der Waals surface area contributed by atoms with E-state index in [1.54, 1.807) is 14.0 Å². The molecule has 1 unspecified atom stereocenters. The Morgan fingerprint density at radius 1 is 1.15 bits per heavy atom. The molecule has 7 nitrogen and oxygen atoms in total. The number of carboxylic acid groups (broad SMARTS) is 1. The van der Waals surface area contributed by atoms with Crippen molar-refractivity contribution in [2.24, 2.45) is 17.3 Å². The molecule has 5 fully saturated rings. The van der Waals surface area contributed by atoms with E-state index in [1.165, 1.54) is 30.5 Å². The molecule has 2 heterocycles. The molecule has 2 spiro atoms. The first-order chi connectivity index (χ1) is 19.9. The van der Waals surface area contributed by atoms with Crippen LogP contribution in [-0.4, -0.2) is 67.1 Å². The Morgan fingerprint density at radius 3 is 2.66 bits per heavy atom. The second kappa shape index (κ2) is 8.95. The summed E-state index contributed by atoms with van der Waals surface area (Å²) in [7, 11) is 3.60. The van der Waals surface area contributed by atoms with Crippen molar-refractivity contribution in [3.05, 3.63) is 59.2 Å². The second-order valence-corrected chi connectivity index (χ2v) is 13.7. The minimum atomic E-state index is -0.836. The fourth-order valence-electron chi connectivity index (χ4n) is 10.4. The van der Waals surface area contributed by atoms with Gasteiger partial charge in [-0.3, -0.25) is 15.0 Å². The summed E-state index contributed by atoms with van der Waals surface area (Å²) < 4.78 is 19.9. The van der Waals surface area contributed by atoms with Crippen LogP contribution in [0.1, 0.15) is 68.2 Å². The molecule has 1 saturated heterocycles. The van der Waals surface area contributed by atoms with Crippen molar-refractivity contribution in [2.45, 2.75) is 87.1 Å². The van der Waals surface area contributed by atoms with Gasteiger partial charge in [-0.2, -0.15) is 0 Å². The Morgan fingerprint density at radius 2 is 1.95 bits per heavy atom. The monoisotopic (exact) mass is 558 g/mol. The van der Waals surface area contributed by atoms with E-state index in [0.29, 0.717) is 6.04 Å². The Bertz CT molecular complexity index is 1380. The number of nitrogens with one attached hydrogen (secondary N) is 1. The molecule has 8 atom stereocenters. The molecule has 2 N–H and O–H groups in total. The molecule has 218 valence electrons. The summed E-state index contributed by atoms with van der Waals surface area (Å²) in [6.45, 7) is 4.05. The predicted molar refractivity (Wildman–Crippen MR) is 154 cm³/mol. The fourth-order valence-corrected chi connectivity index (χ4v) is 10.4. The zero-order valence-electron chi connectivity index (χ0n) is 24.4. The van der Waals surface area contributed by atoms with Crippen LogP contribution in [0.3, 0.4) is 0 Å². The highest BCUT2D eigenvalue weighted by Crippen LogP contribution is 2.77. The van der Waals surface area contributed by atoms with Gasteiger partial charge >= 0.3 is 5.97 Å². The zero-order chi connectivity index (χ0) is 28.1. The normalized spacial score (nSPS) is 37.7. The van der Waals surface area contributed by atoms with Crippen molar-refractivity contribution in [1.29, 1.82) is 0 Å². The van der Waals surface area contributed by atoms with Crippen molar-refractivity contribution in [3.8, 4) is 11.5 Å². The number of hydrogen-bond donors (Lipinski definition) is 2. The number of hydrogen-bond acceptors (Lipinski definition) is 6. The van der Waals surface area contributed by atoms with Gasteiger partial charge in [0.2, 0.25) is 0 Å². The number of rotatable bonds is 9. The van der Waals surface area contributed by atoms with Gasteiger partial charge in [-0.25, -0.2) is 0 Å². The molecule has 7 aliphatic rings. The Labute approximate surface area is 242 Å². The lowest BCUT2D eigenvalue weighted by Crippen LogP contribution is -2.81. The van der Waals surface area contributed by atoms with Crippen molar-refractivity contribution in [1.82, 2.24) is 10.2 Å². The molecular formula is C34H42N2O5. The van der Waals surface area contributed by atoms with Crippen LogP contribution in [0, 0.1) is 17.3 Å².